The van der Waals surface area contributed by atoms with E-state index in [0.717, 1.165) is 17.7 Å². The molecule has 3 amide bonds. The van der Waals surface area contributed by atoms with Crippen molar-refractivity contribution in [3.63, 3.8) is 0 Å². The minimum atomic E-state index is -0.701. The molecule has 0 spiro atoms. The highest BCUT2D eigenvalue weighted by Crippen LogP contribution is 2.29. The van der Waals surface area contributed by atoms with Gasteiger partial charge in [0.2, 0.25) is 18.2 Å². The average molecular weight is 583 g/mol. The van der Waals surface area contributed by atoms with Gasteiger partial charge in [0.05, 0.1) is 23.1 Å². The molecular weight excluding hydrogens is 549 g/mol. The van der Waals surface area contributed by atoms with Crippen LogP contribution in [0.3, 0.4) is 0 Å². The molecule has 3 aromatic carbocycles. The van der Waals surface area contributed by atoms with Gasteiger partial charge in [0, 0.05) is 26.6 Å². The molecule has 1 unspecified atom stereocenters. The van der Waals surface area contributed by atoms with E-state index in [1.54, 1.807) is 34.0 Å². The van der Waals surface area contributed by atoms with Crippen molar-refractivity contribution in [1.82, 2.24) is 25.1 Å². The van der Waals surface area contributed by atoms with Crippen LogP contribution in [0.5, 0.6) is 0 Å². The summed E-state index contributed by atoms with van der Waals surface area (Å²) in [5.74, 6) is -0.330. The Hall–Kier alpha value is -3.43. The van der Waals surface area contributed by atoms with Crippen LogP contribution in [-0.4, -0.2) is 77.4 Å². The zero-order chi connectivity index (χ0) is 28.6. The van der Waals surface area contributed by atoms with Crippen LogP contribution in [0.4, 0.5) is 0 Å². The fourth-order valence-corrected chi connectivity index (χ4v) is 5.35. The third-order valence-corrected chi connectivity index (χ3v) is 7.69. The minimum Gasteiger partial charge on any atom is -0.333 e. The van der Waals surface area contributed by atoms with Gasteiger partial charge >= 0.3 is 0 Å². The molecule has 3 aromatic rings. The van der Waals surface area contributed by atoms with Gasteiger partial charge < -0.3 is 15.1 Å². The van der Waals surface area contributed by atoms with E-state index in [1.165, 1.54) is 10.6 Å². The van der Waals surface area contributed by atoms with Gasteiger partial charge in [-0.15, -0.1) is 0 Å². The van der Waals surface area contributed by atoms with Crippen molar-refractivity contribution in [3.05, 3.63) is 106 Å². The number of amides is 3. The molecule has 2 heterocycles. The lowest BCUT2D eigenvalue weighted by Gasteiger charge is -2.53. The molecule has 10 heteroatoms. The van der Waals surface area contributed by atoms with E-state index in [4.69, 9.17) is 23.2 Å². The van der Waals surface area contributed by atoms with Crippen molar-refractivity contribution in [3.8, 4) is 0 Å². The number of hydrazine groups is 1. The van der Waals surface area contributed by atoms with E-state index in [1.807, 2.05) is 61.6 Å². The van der Waals surface area contributed by atoms with Gasteiger partial charge in [-0.1, -0.05) is 89.9 Å². The highest BCUT2D eigenvalue weighted by atomic mass is 35.5. The van der Waals surface area contributed by atoms with Crippen molar-refractivity contribution in [2.45, 2.75) is 31.7 Å². The first-order valence-corrected chi connectivity index (χ1v) is 13.8. The lowest BCUT2D eigenvalue weighted by Crippen LogP contribution is -2.74. The number of fused-ring (bicyclic) bond motifs is 1. The molecular formula is C30H33Cl2N5O3. The molecule has 2 saturated heterocycles. The molecule has 2 aliphatic rings. The molecule has 0 radical (unpaired) electrons. The quantitative estimate of drug-likeness (QED) is 0.429. The molecule has 1 N–H and O–H groups in total. The Morgan fingerprint density at radius 3 is 2.15 bits per heavy atom. The van der Waals surface area contributed by atoms with Crippen molar-refractivity contribution in [2.24, 2.45) is 0 Å². The third kappa shape index (κ3) is 7.01. The number of piperazine rings is 1. The Morgan fingerprint density at radius 2 is 1.55 bits per heavy atom. The van der Waals surface area contributed by atoms with Crippen LogP contribution >= 0.6 is 23.2 Å². The number of rotatable bonds is 7. The Bertz CT molecular complexity index is 1310. The van der Waals surface area contributed by atoms with Crippen LogP contribution in [0.25, 0.3) is 0 Å². The lowest BCUT2D eigenvalue weighted by molar-refractivity contribution is -0.196. The highest BCUT2D eigenvalue weighted by Gasteiger charge is 2.48. The Kier molecular flexibility index (Phi) is 10.2. The second-order valence-electron chi connectivity index (χ2n) is 9.77. The summed E-state index contributed by atoms with van der Waals surface area (Å²) in [7, 11) is 3.64. The summed E-state index contributed by atoms with van der Waals surface area (Å²) in [6.45, 7) is 1.51. The molecule has 40 heavy (non-hydrogen) atoms. The zero-order valence-electron chi connectivity index (χ0n) is 22.5. The van der Waals surface area contributed by atoms with E-state index in [2.05, 4.69) is 17.4 Å². The second kappa shape index (κ2) is 13.8. The maximum atomic E-state index is 13.5. The summed E-state index contributed by atoms with van der Waals surface area (Å²) in [6, 6.07) is 24.4. The molecule has 2 aliphatic heterocycles. The highest BCUT2D eigenvalue weighted by molar-refractivity contribution is 6.42. The van der Waals surface area contributed by atoms with Crippen LogP contribution in [0.2, 0.25) is 10.0 Å². The van der Waals surface area contributed by atoms with E-state index >= 15 is 0 Å². The van der Waals surface area contributed by atoms with Gasteiger partial charge in [0.1, 0.15) is 12.2 Å². The monoisotopic (exact) mass is 581 g/mol. The summed E-state index contributed by atoms with van der Waals surface area (Å²) >= 11 is 12.2. The van der Waals surface area contributed by atoms with Crippen LogP contribution in [0.1, 0.15) is 16.7 Å². The first-order valence-electron chi connectivity index (χ1n) is 13.0. The Balaban J connectivity index is 0.000000350. The minimum absolute atomic E-state index is 0.0423. The zero-order valence-corrected chi connectivity index (χ0v) is 24.1. The molecule has 8 nitrogen and oxygen atoms in total. The smallest absolute Gasteiger partial charge is 0.246 e. The standard InChI is InChI=1S/C22H22Cl2N4O3.C8H11N/c1-25-13-21(30)28-19(10-15-5-3-2-4-6-15)22(31)26(12-20(28)27(25)14-29)11-16-7-8-17(23)18(24)9-16;1-9-7-8-5-3-2-4-6-8/h2-9,14,19-20H,10-13H2,1H3;2-6,9H,7H2,1H3/t19-,20?;/m0./s1. The van der Waals surface area contributed by atoms with Gasteiger partial charge in [-0.25, -0.2) is 5.01 Å². The SMILES string of the molecule is CN1CC(=O)N2C(CN(Cc3ccc(Cl)c(Cl)c3)C(=O)[C@@H]2Cc2ccccc2)N1C=O.CNCc1ccccc1. The number of hydrogen-bond acceptors (Lipinski definition) is 5. The predicted molar refractivity (Wildman–Crippen MR) is 156 cm³/mol. The first kappa shape index (κ1) is 29.6. The summed E-state index contributed by atoms with van der Waals surface area (Å²) < 4.78 is 0. The van der Waals surface area contributed by atoms with Crippen LogP contribution in [0, 0.1) is 0 Å². The maximum Gasteiger partial charge on any atom is 0.246 e. The normalized spacial score (nSPS) is 19.1. The van der Waals surface area contributed by atoms with Crippen LogP contribution in [-0.2, 0) is 33.9 Å². The van der Waals surface area contributed by atoms with Crippen LogP contribution < -0.4 is 5.32 Å². The average Bonchev–Trinajstić information content (AvgIpc) is 2.95. The number of halogens is 2. The number of hydrogen-bond donors (Lipinski definition) is 1. The summed E-state index contributed by atoms with van der Waals surface area (Å²) in [4.78, 5) is 41.5. The first-order chi connectivity index (χ1) is 19.3. The van der Waals surface area contributed by atoms with E-state index in [9.17, 15) is 14.4 Å². The van der Waals surface area contributed by atoms with Crippen molar-refractivity contribution < 1.29 is 14.4 Å². The molecule has 0 aromatic heterocycles. The molecule has 2 fully saturated rings. The second-order valence-corrected chi connectivity index (χ2v) is 10.6. The third-order valence-electron chi connectivity index (χ3n) is 6.95. The van der Waals surface area contributed by atoms with Gasteiger partial charge in [0.25, 0.3) is 0 Å². The van der Waals surface area contributed by atoms with E-state index < -0.39 is 12.2 Å². The number of benzene rings is 3. The Labute approximate surface area is 245 Å². The fourth-order valence-electron chi connectivity index (χ4n) is 5.02. The molecule has 0 aliphatic carbocycles. The fraction of sp³-hybridized carbons (Fsp3) is 0.300. The topological polar surface area (TPSA) is 76.2 Å². The van der Waals surface area contributed by atoms with Gasteiger partial charge in [-0.2, -0.15) is 0 Å². The number of nitrogens with one attached hydrogen (secondary N) is 1. The van der Waals surface area contributed by atoms with Gasteiger partial charge in [-0.05, 0) is 35.9 Å². The van der Waals surface area contributed by atoms with Gasteiger partial charge in [-0.3, -0.25) is 19.4 Å². The summed E-state index contributed by atoms with van der Waals surface area (Å²) in [6.07, 6.45) is 0.505. The summed E-state index contributed by atoms with van der Waals surface area (Å²) in [5.41, 5.74) is 3.10. The molecule has 2 atom stereocenters. The molecule has 0 bridgehead atoms. The number of carbonyl (C=O) groups excluding carboxylic acids is 3. The Morgan fingerprint density at radius 1 is 0.900 bits per heavy atom. The lowest BCUT2D eigenvalue weighted by atomic mass is 9.98. The number of likely N-dealkylation sites (N-methyl/N-ethyl adjacent to an activating group) is 1. The number of carbonyl (C=O) groups is 3. The number of nitrogens with zero attached hydrogens (tertiary/aromatic N) is 4. The molecule has 5 rings (SSSR count). The van der Waals surface area contributed by atoms with Gasteiger partial charge in [0.15, 0.2) is 0 Å². The predicted octanol–water partition coefficient (Wildman–Crippen LogP) is 3.83. The largest absolute Gasteiger partial charge is 0.333 e. The molecule has 0 saturated carbocycles. The summed E-state index contributed by atoms with van der Waals surface area (Å²) in [5, 5.41) is 7.00. The van der Waals surface area contributed by atoms with Crippen molar-refractivity contribution >= 4 is 41.4 Å². The maximum absolute atomic E-state index is 13.5. The molecule has 210 valence electrons. The van der Waals surface area contributed by atoms with Crippen molar-refractivity contribution in [1.29, 1.82) is 0 Å². The van der Waals surface area contributed by atoms with E-state index in [-0.39, 0.29) is 24.9 Å². The van der Waals surface area contributed by atoms with Crippen LogP contribution in [0.15, 0.2) is 78.9 Å². The van der Waals surface area contributed by atoms with E-state index in [0.29, 0.717) is 29.4 Å². The van der Waals surface area contributed by atoms with Crippen molar-refractivity contribution in [2.75, 3.05) is 27.2 Å².